The second kappa shape index (κ2) is 3.21. The van der Waals surface area contributed by atoms with Gasteiger partial charge in [-0.1, -0.05) is 54.6 Å². The number of hydrogen-bond acceptors (Lipinski definition) is 0. The molecular weight excluding hydrogens is 204 g/mol. The van der Waals surface area contributed by atoms with E-state index in [9.17, 15) is 0 Å². The van der Waals surface area contributed by atoms with Crippen molar-refractivity contribution in [1.29, 1.82) is 0 Å². The van der Waals surface area contributed by atoms with Gasteiger partial charge in [0.05, 0.1) is 1.37 Å². The van der Waals surface area contributed by atoms with E-state index in [1.54, 1.807) is 0 Å². The molecule has 1 aliphatic carbocycles. The van der Waals surface area contributed by atoms with Crippen molar-refractivity contribution >= 4 is 10.8 Å². The first-order valence-electron chi connectivity index (χ1n) is 7.23. The van der Waals surface area contributed by atoms with Gasteiger partial charge in [-0.25, -0.2) is 0 Å². The van der Waals surface area contributed by atoms with Crippen LogP contribution in [0.2, 0.25) is 0 Å². The SMILES string of the molecule is [2H]c1c2c(cc3ccccc13)C([2H])([2H])c1ccccc1-2. The van der Waals surface area contributed by atoms with E-state index in [0.717, 1.165) is 21.9 Å². The van der Waals surface area contributed by atoms with Crippen molar-refractivity contribution < 1.29 is 4.11 Å². The van der Waals surface area contributed by atoms with E-state index in [0.29, 0.717) is 17.2 Å². The highest BCUT2D eigenvalue weighted by atomic mass is 14.2. The molecule has 0 heteroatoms. The summed E-state index contributed by atoms with van der Waals surface area (Å²) in [6.07, 6.45) is -1.52. The molecule has 1 aliphatic rings. The van der Waals surface area contributed by atoms with Crippen molar-refractivity contribution in [2.45, 2.75) is 6.37 Å². The molecule has 0 spiro atoms. The lowest BCUT2D eigenvalue weighted by molar-refractivity contribution is 1.27. The van der Waals surface area contributed by atoms with Crippen LogP contribution in [0.15, 0.2) is 60.6 Å². The summed E-state index contributed by atoms with van der Waals surface area (Å²) in [5.74, 6) is 0. The predicted octanol–water partition coefficient (Wildman–Crippen LogP) is 4.41. The second-order valence-corrected chi connectivity index (χ2v) is 4.32. The second-order valence-electron chi connectivity index (χ2n) is 4.32. The summed E-state index contributed by atoms with van der Waals surface area (Å²) < 4.78 is 25.3. The molecule has 80 valence electrons. The van der Waals surface area contributed by atoms with E-state index < -0.39 is 6.37 Å². The van der Waals surface area contributed by atoms with Gasteiger partial charge in [0.25, 0.3) is 0 Å². The molecule has 0 nitrogen and oxygen atoms in total. The fraction of sp³-hybridized carbons (Fsp3) is 0.0588. The minimum Gasteiger partial charge on any atom is -0.0619 e. The van der Waals surface area contributed by atoms with Crippen LogP contribution in [0.3, 0.4) is 0 Å². The third-order valence-corrected chi connectivity index (χ3v) is 3.26. The van der Waals surface area contributed by atoms with Gasteiger partial charge in [-0.3, -0.25) is 0 Å². The zero-order valence-corrected chi connectivity index (χ0v) is 9.20. The molecule has 0 aromatic heterocycles. The minimum absolute atomic E-state index is 0.423. The summed E-state index contributed by atoms with van der Waals surface area (Å²) in [5, 5.41) is 1.80. The number of hydrogen-bond donors (Lipinski definition) is 0. The quantitative estimate of drug-likeness (QED) is 0.525. The van der Waals surface area contributed by atoms with Crippen molar-refractivity contribution in [2.24, 2.45) is 0 Å². The average Bonchev–Trinajstić information content (AvgIpc) is 2.69. The number of fused-ring (bicyclic) bond motifs is 4. The monoisotopic (exact) mass is 219 g/mol. The highest BCUT2D eigenvalue weighted by molar-refractivity contribution is 5.91. The Hall–Kier alpha value is -2.08. The maximum absolute atomic E-state index is 8.46. The van der Waals surface area contributed by atoms with Gasteiger partial charge >= 0.3 is 0 Å². The molecule has 0 atom stereocenters. The lowest BCUT2D eigenvalue weighted by atomic mass is 10.0. The molecule has 0 amide bonds. The van der Waals surface area contributed by atoms with E-state index in [-0.39, 0.29) is 0 Å². The van der Waals surface area contributed by atoms with Crippen molar-refractivity contribution in [3.63, 3.8) is 0 Å². The molecule has 0 heterocycles. The van der Waals surface area contributed by atoms with Gasteiger partial charge in [0, 0.05) is 2.74 Å². The zero-order valence-electron chi connectivity index (χ0n) is 12.2. The molecule has 4 rings (SSSR count). The van der Waals surface area contributed by atoms with Crippen LogP contribution in [0.25, 0.3) is 21.9 Å². The standard InChI is InChI=1S/C17H12/c1-2-6-13-11-17-15(9-12(13)5-1)10-14-7-3-4-8-16(14)17/h1-9,11H,10H2/i10D2,11D. The van der Waals surface area contributed by atoms with E-state index >= 15 is 0 Å². The van der Waals surface area contributed by atoms with Gasteiger partial charge in [-0.2, -0.15) is 0 Å². The number of benzene rings is 3. The third kappa shape index (κ3) is 1.24. The largest absolute Gasteiger partial charge is 0.0636 e. The van der Waals surface area contributed by atoms with Gasteiger partial charge < -0.3 is 0 Å². The van der Waals surface area contributed by atoms with Crippen LogP contribution in [0.4, 0.5) is 0 Å². The molecule has 3 aromatic carbocycles. The van der Waals surface area contributed by atoms with Crippen molar-refractivity contribution in [2.75, 3.05) is 0 Å². The summed E-state index contributed by atoms with van der Waals surface area (Å²) in [6, 6.07) is 17.5. The highest BCUT2D eigenvalue weighted by Crippen LogP contribution is 2.38. The van der Waals surface area contributed by atoms with Crippen LogP contribution in [0, 0.1) is 0 Å². The summed E-state index contributed by atoms with van der Waals surface area (Å²) in [4.78, 5) is 0. The van der Waals surface area contributed by atoms with Gasteiger partial charge in [0.2, 0.25) is 0 Å². The third-order valence-electron chi connectivity index (χ3n) is 3.26. The molecule has 0 bridgehead atoms. The molecule has 0 unspecified atom stereocenters. The first kappa shape index (κ1) is 6.61. The molecule has 0 fully saturated rings. The normalized spacial score (nSPS) is 18.0. The Balaban J connectivity index is 2.21. The molecule has 0 N–H and O–H groups in total. The minimum atomic E-state index is -1.52. The lowest BCUT2D eigenvalue weighted by Gasteiger charge is -2.03. The summed E-state index contributed by atoms with van der Waals surface area (Å²) >= 11 is 0. The Bertz CT molecular complexity index is 850. The van der Waals surface area contributed by atoms with Crippen molar-refractivity contribution in [1.82, 2.24) is 0 Å². The summed E-state index contributed by atoms with van der Waals surface area (Å²) in [7, 11) is 0. The number of rotatable bonds is 0. The maximum atomic E-state index is 8.46. The van der Waals surface area contributed by atoms with Crippen molar-refractivity contribution in [3.05, 3.63) is 71.8 Å². The van der Waals surface area contributed by atoms with E-state index in [2.05, 4.69) is 0 Å². The van der Waals surface area contributed by atoms with E-state index in [1.807, 2.05) is 54.6 Å². The van der Waals surface area contributed by atoms with Crippen LogP contribution >= 0.6 is 0 Å². The van der Waals surface area contributed by atoms with Crippen LogP contribution in [-0.2, 0) is 6.37 Å². The maximum Gasteiger partial charge on any atom is 0.0636 e. The lowest BCUT2D eigenvalue weighted by Crippen LogP contribution is -1.81. The van der Waals surface area contributed by atoms with Gasteiger partial charge in [-0.15, -0.1) is 0 Å². The van der Waals surface area contributed by atoms with Crippen LogP contribution < -0.4 is 0 Å². The topological polar surface area (TPSA) is 0 Å². The molecule has 0 radical (unpaired) electrons. The first-order chi connectivity index (χ1) is 9.60. The fourth-order valence-electron chi connectivity index (χ4n) is 2.43. The Morgan fingerprint density at radius 2 is 1.59 bits per heavy atom. The van der Waals surface area contributed by atoms with Crippen LogP contribution in [0.5, 0.6) is 0 Å². The van der Waals surface area contributed by atoms with Crippen LogP contribution in [0.1, 0.15) is 15.2 Å². The fourth-order valence-corrected chi connectivity index (χ4v) is 2.43. The Morgan fingerprint density at radius 1 is 0.824 bits per heavy atom. The molecular formula is C17H12. The van der Waals surface area contributed by atoms with Crippen LogP contribution in [-0.4, -0.2) is 0 Å². The first-order valence-corrected chi connectivity index (χ1v) is 5.73. The molecule has 3 aromatic rings. The zero-order chi connectivity index (χ0) is 13.9. The molecule has 0 saturated heterocycles. The average molecular weight is 219 g/mol. The van der Waals surface area contributed by atoms with Crippen molar-refractivity contribution in [3.8, 4) is 11.1 Å². The Morgan fingerprint density at radius 3 is 2.53 bits per heavy atom. The van der Waals surface area contributed by atoms with Gasteiger partial charge in [-0.05, 0) is 45.4 Å². The van der Waals surface area contributed by atoms with E-state index in [4.69, 9.17) is 4.11 Å². The molecule has 17 heavy (non-hydrogen) atoms. The Labute approximate surface area is 105 Å². The molecule has 0 aliphatic heterocycles. The van der Waals surface area contributed by atoms with E-state index in [1.165, 1.54) is 0 Å². The predicted molar refractivity (Wildman–Crippen MR) is 72.2 cm³/mol. The van der Waals surface area contributed by atoms with Gasteiger partial charge in [0.1, 0.15) is 0 Å². The van der Waals surface area contributed by atoms with Gasteiger partial charge in [0.15, 0.2) is 0 Å². The molecule has 0 saturated carbocycles. The summed E-state index contributed by atoms with van der Waals surface area (Å²) in [6.45, 7) is 0. The highest BCUT2D eigenvalue weighted by Gasteiger charge is 2.17. The summed E-state index contributed by atoms with van der Waals surface area (Å²) in [5.41, 5.74) is 2.87. The Kier molecular flexibility index (Phi) is 1.25. The smallest absolute Gasteiger partial charge is 0.0619 e.